The molecule has 18 heavy (non-hydrogen) atoms. The van der Waals surface area contributed by atoms with E-state index in [9.17, 15) is 9.59 Å². The van der Waals surface area contributed by atoms with Gasteiger partial charge in [0.15, 0.2) is 0 Å². The number of alkyl carbamates (subject to hydrolysis) is 1. The number of hydrogen-bond acceptors (Lipinski definition) is 5. The van der Waals surface area contributed by atoms with Crippen molar-refractivity contribution in [1.29, 1.82) is 0 Å². The molecule has 1 N–H and O–H groups in total. The number of likely N-dealkylation sites (N-methyl/N-ethyl adjacent to an activating group) is 1. The molecule has 0 saturated carbocycles. The van der Waals surface area contributed by atoms with Gasteiger partial charge < -0.3 is 14.8 Å². The van der Waals surface area contributed by atoms with Crippen LogP contribution in [-0.4, -0.2) is 55.9 Å². The number of rotatable bonds is 6. The molecule has 0 saturated heterocycles. The topological polar surface area (TPSA) is 67.9 Å². The lowest BCUT2D eigenvalue weighted by Gasteiger charge is -2.20. The number of nitrogens with one attached hydrogen (secondary N) is 1. The fraction of sp³-hybridized carbons (Fsp3) is 0.833. The second kappa shape index (κ2) is 7.92. The summed E-state index contributed by atoms with van der Waals surface area (Å²) in [7, 11) is 1.79. The van der Waals surface area contributed by atoms with Crippen LogP contribution in [-0.2, 0) is 14.3 Å². The molecule has 0 aromatic rings. The van der Waals surface area contributed by atoms with Gasteiger partial charge in [-0.25, -0.2) is 4.79 Å². The van der Waals surface area contributed by atoms with Crippen LogP contribution < -0.4 is 5.32 Å². The van der Waals surface area contributed by atoms with E-state index in [1.54, 1.807) is 39.6 Å². The summed E-state index contributed by atoms with van der Waals surface area (Å²) in [5.74, 6) is -0.266. The highest BCUT2D eigenvalue weighted by molar-refractivity contribution is 5.71. The minimum atomic E-state index is -0.499. The largest absolute Gasteiger partial charge is 0.465 e. The van der Waals surface area contributed by atoms with Crippen LogP contribution in [0.5, 0.6) is 0 Å². The Balaban J connectivity index is 3.71. The molecule has 6 heteroatoms. The number of esters is 1. The maximum Gasteiger partial charge on any atom is 0.407 e. The molecule has 0 aliphatic rings. The summed E-state index contributed by atoms with van der Waals surface area (Å²) < 4.78 is 9.89. The van der Waals surface area contributed by atoms with Gasteiger partial charge in [-0.2, -0.15) is 0 Å². The zero-order chi connectivity index (χ0) is 14.2. The van der Waals surface area contributed by atoms with Crippen molar-refractivity contribution in [3.63, 3.8) is 0 Å². The van der Waals surface area contributed by atoms with Crippen LogP contribution in [0.1, 0.15) is 27.7 Å². The Morgan fingerprint density at radius 3 is 2.39 bits per heavy atom. The first-order chi connectivity index (χ1) is 8.24. The van der Waals surface area contributed by atoms with Crippen LogP contribution in [0.25, 0.3) is 0 Å². The van der Waals surface area contributed by atoms with E-state index in [1.807, 2.05) is 0 Å². The third-order valence-electron chi connectivity index (χ3n) is 1.87. The maximum atomic E-state index is 11.3. The summed E-state index contributed by atoms with van der Waals surface area (Å²) in [4.78, 5) is 24.3. The predicted octanol–water partition coefficient (Wildman–Crippen LogP) is 1.01. The molecule has 1 amide bonds. The lowest BCUT2D eigenvalue weighted by Crippen LogP contribution is -2.38. The Hall–Kier alpha value is -1.30. The maximum absolute atomic E-state index is 11.3. The summed E-state index contributed by atoms with van der Waals surface area (Å²) in [5, 5.41) is 2.62. The number of nitrogens with zero attached hydrogens (tertiary/aromatic N) is 1. The fourth-order valence-corrected chi connectivity index (χ4v) is 1.17. The smallest absolute Gasteiger partial charge is 0.407 e. The van der Waals surface area contributed by atoms with E-state index in [-0.39, 0.29) is 12.5 Å². The number of amides is 1. The predicted molar refractivity (Wildman–Crippen MR) is 68.4 cm³/mol. The zero-order valence-electron chi connectivity index (χ0n) is 11.9. The average molecular weight is 260 g/mol. The molecule has 106 valence electrons. The number of ether oxygens (including phenoxy) is 2. The second-order valence-corrected chi connectivity index (χ2v) is 4.97. The standard InChI is InChI=1S/C12H24N2O4/c1-6-17-10(15)9-14(5)8-7-13-11(16)18-12(2,3)4/h6-9H2,1-5H3,(H,13,16). The third kappa shape index (κ3) is 9.89. The van der Waals surface area contributed by atoms with E-state index >= 15 is 0 Å². The van der Waals surface area contributed by atoms with Crippen LogP contribution >= 0.6 is 0 Å². The number of carbonyl (C=O) groups excluding carboxylic acids is 2. The normalized spacial score (nSPS) is 11.2. The summed E-state index contributed by atoms with van der Waals surface area (Å²) in [5.41, 5.74) is -0.499. The third-order valence-corrected chi connectivity index (χ3v) is 1.87. The van der Waals surface area contributed by atoms with E-state index in [1.165, 1.54) is 0 Å². The summed E-state index contributed by atoms with van der Waals surface area (Å²) in [6.07, 6.45) is -0.452. The Bertz CT molecular complexity index is 274. The van der Waals surface area contributed by atoms with E-state index in [0.29, 0.717) is 19.7 Å². The summed E-state index contributed by atoms with van der Waals surface area (Å²) >= 11 is 0. The van der Waals surface area contributed by atoms with Crippen molar-refractivity contribution in [3.05, 3.63) is 0 Å². The van der Waals surface area contributed by atoms with Gasteiger partial charge in [-0.1, -0.05) is 0 Å². The summed E-state index contributed by atoms with van der Waals surface area (Å²) in [6.45, 7) is 8.75. The molecule has 0 heterocycles. The van der Waals surface area contributed by atoms with E-state index in [2.05, 4.69) is 5.32 Å². The quantitative estimate of drug-likeness (QED) is 0.722. The highest BCUT2D eigenvalue weighted by Gasteiger charge is 2.15. The Morgan fingerprint density at radius 1 is 1.28 bits per heavy atom. The first kappa shape index (κ1) is 16.7. The summed E-state index contributed by atoms with van der Waals surface area (Å²) in [6, 6.07) is 0. The van der Waals surface area contributed by atoms with Gasteiger partial charge in [0.05, 0.1) is 13.2 Å². The minimum absolute atomic E-state index is 0.212. The Labute approximate surface area is 109 Å². The van der Waals surface area contributed by atoms with Gasteiger partial charge in [-0.3, -0.25) is 9.69 Å². The van der Waals surface area contributed by atoms with Crippen LogP contribution in [0, 0.1) is 0 Å². The van der Waals surface area contributed by atoms with Crippen molar-refractivity contribution < 1.29 is 19.1 Å². The van der Waals surface area contributed by atoms with Gasteiger partial charge in [0.2, 0.25) is 0 Å². The minimum Gasteiger partial charge on any atom is -0.465 e. The molecule has 0 fully saturated rings. The molecule has 0 radical (unpaired) electrons. The van der Waals surface area contributed by atoms with Crippen molar-refractivity contribution in [3.8, 4) is 0 Å². The van der Waals surface area contributed by atoms with Crippen molar-refractivity contribution in [2.45, 2.75) is 33.3 Å². The van der Waals surface area contributed by atoms with Gasteiger partial charge >= 0.3 is 12.1 Å². The molecule has 0 rings (SSSR count). The van der Waals surface area contributed by atoms with Gasteiger partial charge in [0.25, 0.3) is 0 Å². The monoisotopic (exact) mass is 260 g/mol. The molecule has 0 unspecified atom stereocenters. The molecule has 6 nitrogen and oxygen atoms in total. The zero-order valence-corrected chi connectivity index (χ0v) is 11.9. The van der Waals surface area contributed by atoms with Crippen LogP contribution in [0.4, 0.5) is 4.79 Å². The average Bonchev–Trinajstić information content (AvgIpc) is 2.14. The highest BCUT2D eigenvalue weighted by atomic mass is 16.6. The SMILES string of the molecule is CCOC(=O)CN(C)CCNC(=O)OC(C)(C)C. The lowest BCUT2D eigenvalue weighted by molar-refractivity contribution is -0.144. The Morgan fingerprint density at radius 2 is 1.89 bits per heavy atom. The van der Waals surface area contributed by atoms with Gasteiger partial charge in [0.1, 0.15) is 5.60 Å². The van der Waals surface area contributed by atoms with Crippen molar-refractivity contribution in [2.24, 2.45) is 0 Å². The molecule has 0 bridgehead atoms. The van der Waals surface area contributed by atoms with Crippen LogP contribution in [0.15, 0.2) is 0 Å². The molecule has 0 aromatic carbocycles. The van der Waals surface area contributed by atoms with Gasteiger partial charge in [-0.05, 0) is 34.7 Å². The lowest BCUT2D eigenvalue weighted by atomic mass is 10.2. The Kier molecular flexibility index (Phi) is 7.35. The van der Waals surface area contributed by atoms with Crippen molar-refractivity contribution in [2.75, 3.05) is 33.3 Å². The van der Waals surface area contributed by atoms with Gasteiger partial charge in [0, 0.05) is 13.1 Å². The molecule has 0 aliphatic carbocycles. The first-order valence-corrected chi connectivity index (χ1v) is 6.05. The van der Waals surface area contributed by atoms with Crippen molar-refractivity contribution in [1.82, 2.24) is 10.2 Å². The molecular formula is C12H24N2O4. The highest BCUT2D eigenvalue weighted by Crippen LogP contribution is 2.06. The van der Waals surface area contributed by atoms with Crippen LogP contribution in [0.3, 0.4) is 0 Å². The van der Waals surface area contributed by atoms with E-state index in [0.717, 1.165) is 0 Å². The van der Waals surface area contributed by atoms with Gasteiger partial charge in [-0.15, -0.1) is 0 Å². The van der Waals surface area contributed by atoms with E-state index in [4.69, 9.17) is 9.47 Å². The second-order valence-electron chi connectivity index (χ2n) is 4.97. The molecular weight excluding hydrogens is 236 g/mol. The number of carbonyl (C=O) groups is 2. The first-order valence-electron chi connectivity index (χ1n) is 6.05. The fourth-order valence-electron chi connectivity index (χ4n) is 1.17. The number of hydrogen-bond donors (Lipinski definition) is 1. The van der Waals surface area contributed by atoms with E-state index < -0.39 is 11.7 Å². The molecule has 0 aliphatic heterocycles. The molecule has 0 aromatic heterocycles. The molecule has 0 atom stereocenters. The molecule has 0 spiro atoms. The van der Waals surface area contributed by atoms with Crippen LogP contribution in [0.2, 0.25) is 0 Å². The van der Waals surface area contributed by atoms with Crippen molar-refractivity contribution >= 4 is 12.1 Å².